The van der Waals surface area contributed by atoms with E-state index in [9.17, 15) is 9.59 Å². The van der Waals surface area contributed by atoms with E-state index >= 15 is 0 Å². The lowest BCUT2D eigenvalue weighted by atomic mass is 10.2. The van der Waals surface area contributed by atoms with E-state index in [1.54, 1.807) is 11.0 Å². The number of carbonyl (C=O) groups excluding carboxylic acids is 2. The maximum atomic E-state index is 12.0. The summed E-state index contributed by atoms with van der Waals surface area (Å²) in [6.45, 7) is 3.15. The molecule has 1 fully saturated rings. The molecule has 0 aromatic carbocycles. The molecule has 0 bridgehead atoms. The maximum absolute atomic E-state index is 12.0. The Hall–Kier alpha value is -1.62. The number of pyridine rings is 1. The van der Waals surface area contributed by atoms with E-state index < -0.39 is 0 Å². The summed E-state index contributed by atoms with van der Waals surface area (Å²) >= 11 is 5.89. The minimum atomic E-state index is -0.266. The molecular weight excluding hydrogens is 254 g/mol. The largest absolute Gasteiger partial charge is 0.347 e. The molecule has 0 radical (unpaired) electrons. The molecule has 2 amide bonds. The standard InChI is InChI=1S/C12H14ClN3O2/c1-2-16-7-8(5-11(16)17)15-12(18)9-3-4-14-6-10(9)13/h3-4,6,8H,2,5,7H2,1H3,(H,15,18). The van der Waals surface area contributed by atoms with E-state index in [4.69, 9.17) is 11.6 Å². The summed E-state index contributed by atoms with van der Waals surface area (Å²) in [7, 11) is 0. The van der Waals surface area contributed by atoms with Gasteiger partial charge >= 0.3 is 0 Å². The quantitative estimate of drug-likeness (QED) is 0.892. The number of aromatic nitrogens is 1. The van der Waals surface area contributed by atoms with E-state index in [0.717, 1.165) is 0 Å². The highest BCUT2D eigenvalue weighted by atomic mass is 35.5. The van der Waals surface area contributed by atoms with Crippen LogP contribution in [0.25, 0.3) is 0 Å². The molecule has 1 aromatic rings. The van der Waals surface area contributed by atoms with Gasteiger partial charge in [-0.2, -0.15) is 0 Å². The minimum Gasteiger partial charge on any atom is -0.347 e. The Bertz CT molecular complexity index is 478. The number of carbonyl (C=O) groups is 2. The predicted molar refractivity (Wildman–Crippen MR) is 67.4 cm³/mol. The lowest BCUT2D eigenvalue weighted by Crippen LogP contribution is -2.37. The average Bonchev–Trinajstić information content (AvgIpc) is 2.69. The van der Waals surface area contributed by atoms with Gasteiger partial charge in [0.25, 0.3) is 5.91 Å². The van der Waals surface area contributed by atoms with Gasteiger partial charge in [0.15, 0.2) is 0 Å². The highest BCUT2D eigenvalue weighted by Crippen LogP contribution is 2.15. The number of rotatable bonds is 3. The van der Waals surface area contributed by atoms with Crippen molar-refractivity contribution >= 4 is 23.4 Å². The van der Waals surface area contributed by atoms with Gasteiger partial charge in [0.05, 0.1) is 16.6 Å². The summed E-state index contributed by atoms with van der Waals surface area (Å²) in [5.74, 6) is -0.193. The molecule has 2 rings (SSSR count). The molecule has 2 heterocycles. The van der Waals surface area contributed by atoms with Gasteiger partial charge in [-0.05, 0) is 13.0 Å². The van der Waals surface area contributed by atoms with Crippen LogP contribution in [0.5, 0.6) is 0 Å². The molecule has 0 aliphatic carbocycles. The number of likely N-dealkylation sites (tertiary alicyclic amines) is 1. The molecule has 1 atom stereocenters. The number of hydrogen-bond acceptors (Lipinski definition) is 3. The summed E-state index contributed by atoms with van der Waals surface area (Å²) in [6.07, 6.45) is 3.29. The van der Waals surface area contributed by atoms with Crippen LogP contribution in [0.4, 0.5) is 0 Å². The van der Waals surface area contributed by atoms with Gasteiger partial charge < -0.3 is 10.2 Å². The van der Waals surface area contributed by atoms with Gasteiger partial charge in [-0.3, -0.25) is 14.6 Å². The van der Waals surface area contributed by atoms with Crippen LogP contribution in [0.3, 0.4) is 0 Å². The number of halogens is 1. The number of likely N-dealkylation sites (N-methyl/N-ethyl adjacent to an activating group) is 1. The molecule has 5 nitrogen and oxygen atoms in total. The minimum absolute atomic E-state index is 0.0728. The number of nitrogens with one attached hydrogen (secondary N) is 1. The Kier molecular flexibility index (Phi) is 3.81. The molecule has 1 saturated heterocycles. The average molecular weight is 268 g/mol. The van der Waals surface area contributed by atoms with Crippen LogP contribution in [-0.2, 0) is 4.79 Å². The van der Waals surface area contributed by atoms with Crippen molar-refractivity contribution in [2.24, 2.45) is 0 Å². The second-order valence-corrected chi connectivity index (χ2v) is 4.57. The lowest BCUT2D eigenvalue weighted by molar-refractivity contribution is -0.127. The first-order chi connectivity index (χ1) is 8.61. The molecule has 0 saturated carbocycles. The molecule has 0 spiro atoms. The van der Waals surface area contributed by atoms with Crippen LogP contribution in [0, 0.1) is 0 Å². The van der Waals surface area contributed by atoms with Crippen molar-refractivity contribution in [1.29, 1.82) is 0 Å². The van der Waals surface area contributed by atoms with Crippen molar-refractivity contribution in [3.63, 3.8) is 0 Å². The summed E-state index contributed by atoms with van der Waals surface area (Å²) in [5.41, 5.74) is 0.383. The third-order valence-electron chi connectivity index (χ3n) is 2.95. The van der Waals surface area contributed by atoms with E-state index in [1.807, 2.05) is 6.92 Å². The van der Waals surface area contributed by atoms with Crippen LogP contribution < -0.4 is 5.32 Å². The first kappa shape index (κ1) is 12.8. The van der Waals surface area contributed by atoms with E-state index in [0.29, 0.717) is 30.1 Å². The van der Waals surface area contributed by atoms with Crippen molar-refractivity contribution in [3.8, 4) is 0 Å². The SMILES string of the molecule is CCN1CC(NC(=O)c2ccncc2Cl)CC1=O. The molecule has 18 heavy (non-hydrogen) atoms. The van der Waals surface area contributed by atoms with Gasteiger partial charge in [0, 0.05) is 31.9 Å². The highest BCUT2D eigenvalue weighted by molar-refractivity contribution is 6.33. The zero-order valence-corrected chi connectivity index (χ0v) is 10.8. The Labute approximate surface area is 110 Å². The third-order valence-corrected chi connectivity index (χ3v) is 3.25. The maximum Gasteiger partial charge on any atom is 0.253 e. The smallest absolute Gasteiger partial charge is 0.253 e. The van der Waals surface area contributed by atoms with Crippen LogP contribution in [0.2, 0.25) is 5.02 Å². The summed E-state index contributed by atoms with van der Waals surface area (Å²) in [6, 6.07) is 1.42. The van der Waals surface area contributed by atoms with Crippen molar-refractivity contribution in [1.82, 2.24) is 15.2 Å². The summed E-state index contributed by atoms with van der Waals surface area (Å²) < 4.78 is 0. The Morgan fingerprint density at radius 1 is 1.67 bits per heavy atom. The number of amides is 2. The van der Waals surface area contributed by atoms with E-state index in [2.05, 4.69) is 10.3 Å². The number of nitrogens with zero attached hydrogens (tertiary/aromatic N) is 2. The molecule has 1 aliphatic heterocycles. The zero-order valence-electron chi connectivity index (χ0n) is 10.0. The van der Waals surface area contributed by atoms with Crippen LogP contribution in [0.1, 0.15) is 23.7 Å². The van der Waals surface area contributed by atoms with Crippen molar-refractivity contribution in [3.05, 3.63) is 29.0 Å². The van der Waals surface area contributed by atoms with E-state index in [-0.39, 0.29) is 17.9 Å². The monoisotopic (exact) mass is 267 g/mol. The summed E-state index contributed by atoms with van der Waals surface area (Å²) in [4.78, 5) is 29.1. The fraction of sp³-hybridized carbons (Fsp3) is 0.417. The highest BCUT2D eigenvalue weighted by Gasteiger charge is 2.29. The van der Waals surface area contributed by atoms with Gasteiger partial charge in [0.1, 0.15) is 0 Å². The van der Waals surface area contributed by atoms with Crippen LogP contribution in [0.15, 0.2) is 18.5 Å². The van der Waals surface area contributed by atoms with E-state index in [1.165, 1.54) is 12.4 Å². The zero-order chi connectivity index (χ0) is 13.1. The van der Waals surface area contributed by atoms with Crippen LogP contribution >= 0.6 is 11.6 Å². The molecule has 1 aliphatic rings. The van der Waals surface area contributed by atoms with Gasteiger partial charge in [-0.1, -0.05) is 11.6 Å². The molecule has 96 valence electrons. The van der Waals surface area contributed by atoms with Gasteiger partial charge in [-0.15, -0.1) is 0 Å². The first-order valence-electron chi connectivity index (χ1n) is 5.80. The second-order valence-electron chi connectivity index (χ2n) is 4.16. The molecule has 6 heteroatoms. The number of hydrogen-bond donors (Lipinski definition) is 1. The predicted octanol–water partition coefficient (Wildman–Crippen LogP) is 1.09. The fourth-order valence-corrected chi connectivity index (χ4v) is 2.20. The Morgan fingerprint density at radius 3 is 3.06 bits per heavy atom. The molecule has 1 N–H and O–H groups in total. The summed E-state index contributed by atoms with van der Waals surface area (Å²) in [5, 5.41) is 3.13. The lowest BCUT2D eigenvalue weighted by Gasteiger charge is -2.14. The third kappa shape index (κ3) is 2.61. The van der Waals surface area contributed by atoms with Gasteiger partial charge in [-0.25, -0.2) is 0 Å². The Morgan fingerprint density at radius 2 is 2.44 bits per heavy atom. The second kappa shape index (κ2) is 5.35. The Balaban J connectivity index is 2.01. The molecule has 1 aromatic heterocycles. The molecule has 1 unspecified atom stereocenters. The van der Waals surface area contributed by atoms with Crippen LogP contribution in [-0.4, -0.2) is 40.8 Å². The fourth-order valence-electron chi connectivity index (χ4n) is 2.00. The first-order valence-corrected chi connectivity index (χ1v) is 6.17. The molecular formula is C12H14ClN3O2. The van der Waals surface area contributed by atoms with Gasteiger partial charge in [0.2, 0.25) is 5.91 Å². The van der Waals surface area contributed by atoms with Crippen molar-refractivity contribution < 1.29 is 9.59 Å². The van der Waals surface area contributed by atoms with Crippen molar-refractivity contribution in [2.45, 2.75) is 19.4 Å². The topological polar surface area (TPSA) is 62.3 Å². The van der Waals surface area contributed by atoms with Crippen molar-refractivity contribution in [2.75, 3.05) is 13.1 Å². The normalized spacial score (nSPS) is 19.1.